The first-order valence-corrected chi connectivity index (χ1v) is 8.40. The van der Waals surface area contributed by atoms with Gasteiger partial charge in [-0.3, -0.25) is 9.78 Å². The first-order valence-electron chi connectivity index (χ1n) is 7.52. The molecule has 23 heavy (non-hydrogen) atoms. The van der Waals surface area contributed by atoms with Crippen LogP contribution in [0.5, 0.6) is 0 Å². The second kappa shape index (κ2) is 6.12. The summed E-state index contributed by atoms with van der Waals surface area (Å²) >= 11 is 1.70. The second-order valence-corrected chi connectivity index (χ2v) is 7.11. The fourth-order valence-electron chi connectivity index (χ4n) is 3.17. The Hall–Kier alpha value is -2.21. The van der Waals surface area contributed by atoms with Crippen LogP contribution in [-0.4, -0.2) is 39.0 Å². The molecule has 1 aliphatic heterocycles. The normalized spacial score (nSPS) is 20.7. The molecular formula is C17H18N2O3S. The Balaban J connectivity index is 1.85. The van der Waals surface area contributed by atoms with Gasteiger partial charge in [-0.05, 0) is 37.3 Å². The first-order chi connectivity index (χ1) is 11.0. The molecule has 3 heterocycles. The van der Waals surface area contributed by atoms with Gasteiger partial charge in [0.15, 0.2) is 0 Å². The molecule has 5 nitrogen and oxygen atoms in total. The van der Waals surface area contributed by atoms with E-state index in [-0.39, 0.29) is 17.0 Å². The van der Waals surface area contributed by atoms with E-state index in [4.69, 9.17) is 5.11 Å². The molecule has 0 bridgehead atoms. The van der Waals surface area contributed by atoms with Crippen LogP contribution in [0, 0.1) is 0 Å². The molecular weight excluding hydrogens is 312 g/mol. The van der Waals surface area contributed by atoms with Crippen molar-refractivity contribution in [3.8, 4) is 0 Å². The minimum absolute atomic E-state index is 0.0370. The van der Waals surface area contributed by atoms with E-state index in [0.717, 1.165) is 19.3 Å². The van der Waals surface area contributed by atoms with Gasteiger partial charge in [0.25, 0.3) is 5.91 Å². The molecule has 0 aromatic carbocycles. The summed E-state index contributed by atoms with van der Waals surface area (Å²) < 4.78 is 0. The minimum Gasteiger partial charge on any atom is -0.478 e. The zero-order valence-electron chi connectivity index (χ0n) is 12.9. The zero-order chi connectivity index (χ0) is 16.4. The van der Waals surface area contributed by atoms with E-state index in [2.05, 4.69) is 18.0 Å². The van der Waals surface area contributed by atoms with Crippen molar-refractivity contribution in [3.05, 3.63) is 52.0 Å². The number of carbonyl (C=O) groups is 2. The standard InChI is InChI=1S/C17H18N2O3S/c1-17(9-14-4-2-7-23-14)5-3-6-19(17)15(20)12-8-13(16(21)22)11-18-10-12/h2,4,7-8,10-11H,3,5-6,9H2,1H3,(H,21,22). The lowest BCUT2D eigenvalue weighted by Crippen LogP contribution is -2.46. The van der Waals surface area contributed by atoms with Gasteiger partial charge in [-0.2, -0.15) is 0 Å². The Labute approximate surface area is 138 Å². The molecule has 0 aliphatic carbocycles. The third-order valence-electron chi connectivity index (χ3n) is 4.36. The summed E-state index contributed by atoms with van der Waals surface area (Å²) in [5.74, 6) is -1.22. The number of nitrogens with zero attached hydrogens (tertiary/aromatic N) is 2. The molecule has 3 rings (SSSR count). The second-order valence-electron chi connectivity index (χ2n) is 6.08. The smallest absolute Gasteiger partial charge is 0.337 e. The van der Waals surface area contributed by atoms with Gasteiger partial charge in [-0.15, -0.1) is 11.3 Å². The van der Waals surface area contributed by atoms with Crippen molar-refractivity contribution in [2.24, 2.45) is 0 Å². The SMILES string of the molecule is CC1(Cc2cccs2)CCCN1C(=O)c1cncc(C(=O)O)c1. The molecule has 0 spiro atoms. The topological polar surface area (TPSA) is 70.5 Å². The van der Waals surface area contributed by atoms with Crippen molar-refractivity contribution in [1.29, 1.82) is 0 Å². The van der Waals surface area contributed by atoms with E-state index in [1.807, 2.05) is 16.3 Å². The number of pyridine rings is 1. The monoisotopic (exact) mass is 330 g/mol. The van der Waals surface area contributed by atoms with Crippen LogP contribution in [-0.2, 0) is 6.42 Å². The zero-order valence-corrected chi connectivity index (χ0v) is 13.7. The van der Waals surface area contributed by atoms with Crippen LogP contribution >= 0.6 is 11.3 Å². The van der Waals surface area contributed by atoms with Crippen LogP contribution in [0.15, 0.2) is 36.0 Å². The summed E-state index contributed by atoms with van der Waals surface area (Å²) in [6.07, 6.45) is 5.43. The minimum atomic E-state index is -1.07. The Bertz CT molecular complexity index is 729. The van der Waals surface area contributed by atoms with Crippen LogP contribution in [0.4, 0.5) is 0 Å². The number of hydrogen-bond acceptors (Lipinski definition) is 4. The molecule has 0 radical (unpaired) electrons. The molecule has 6 heteroatoms. The van der Waals surface area contributed by atoms with Crippen molar-refractivity contribution < 1.29 is 14.7 Å². The van der Waals surface area contributed by atoms with Crippen LogP contribution in [0.25, 0.3) is 0 Å². The van der Waals surface area contributed by atoms with E-state index in [1.165, 1.54) is 23.3 Å². The van der Waals surface area contributed by atoms with E-state index < -0.39 is 5.97 Å². The molecule has 2 aromatic heterocycles. The van der Waals surface area contributed by atoms with Crippen molar-refractivity contribution in [3.63, 3.8) is 0 Å². The number of carbonyl (C=O) groups excluding carboxylic acids is 1. The maximum absolute atomic E-state index is 12.9. The van der Waals surface area contributed by atoms with Gasteiger partial charge >= 0.3 is 5.97 Å². The molecule has 1 fully saturated rings. The summed E-state index contributed by atoms with van der Waals surface area (Å²) in [4.78, 5) is 31.0. The molecule has 1 saturated heterocycles. The lowest BCUT2D eigenvalue weighted by Gasteiger charge is -2.35. The van der Waals surface area contributed by atoms with Gasteiger partial charge in [0, 0.05) is 35.8 Å². The highest BCUT2D eigenvalue weighted by Crippen LogP contribution is 2.34. The lowest BCUT2D eigenvalue weighted by molar-refractivity contribution is 0.0625. The number of thiophene rings is 1. The third kappa shape index (κ3) is 3.12. The summed E-state index contributed by atoms with van der Waals surface area (Å²) in [5.41, 5.74) is 0.139. The highest BCUT2D eigenvalue weighted by Gasteiger charge is 2.40. The maximum Gasteiger partial charge on any atom is 0.337 e. The Morgan fingerprint density at radius 3 is 2.87 bits per heavy atom. The van der Waals surface area contributed by atoms with Gasteiger partial charge < -0.3 is 10.0 Å². The van der Waals surface area contributed by atoms with Crippen LogP contribution in [0.1, 0.15) is 45.4 Å². The summed E-state index contributed by atoms with van der Waals surface area (Å²) in [6, 6.07) is 5.51. The van der Waals surface area contributed by atoms with Gasteiger partial charge in [0.1, 0.15) is 0 Å². The third-order valence-corrected chi connectivity index (χ3v) is 5.24. The lowest BCUT2D eigenvalue weighted by atomic mass is 9.93. The van der Waals surface area contributed by atoms with Crippen molar-refractivity contribution in [1.82, 2.24) is 9.88 Å². The number of carboxylic acids is 1. The number of likely N-dealkylation sites (tertiary alicyclic amines) is 1. The highest BCUT2D eigenvalue weighted by molar-refractivity contribution is 7.09. The van der Waals surface area contributed by atoms with Crippen molar-refractivity contribution in [2.45, 2.75) is 31.7 Å². The maximum atomic E-state index is 12.9. The van der Waals surface area contributed by atoms with E-state index in [0.29, 0.717) is 12.1 Å². The van der Waals surface area contributed by atoms with Crippen molar-refractivity contribution >= 4 is 23.2 Å². The number of aromatic carboxylic acids is 1. The van der Waals surface area contributed by atoms with E-state index >= 15 is 0 Å². The summed E-state index contributed by atoms with van der Waals surface area (Å²) in [7, 11) is 0. The van der Waals surface area contributed by atoms with Crippen LogP contribution in [0.3, 0.4) is 0 Å². The molecule has 2 aromatic rings. The summed E-state index contributed by atoms with van der Waals surface area (Å²) in [6.45, 7) is 2.80. The molecule has 1 atom stereocenters. The van der Waals surface area contributed by atoms with Crippen molar-refractivity contribution in [2.75, 3.05) is 6.54 Å². The molecule has 120 valence electrons. The average molecular weight is 330 g/mol. The Kier molecular flexibility index (Phi) is 4.17. The molecule has 1 unspecified atom stereocenters. The molecule has 1 aliphatic rings. The number of rotatable bonds is 4. The summed E-state index contributed by atoms with van der Waals surface area (Å²) in [5, 5.41) is 11.1. The number of carboxylic acid groups (broad SMARTS) is 1. The Morgan fingerprint density at radius 1 is 1.39 bits per heavy atom. The number of amides is 1. The molecule has 0 saturated carbocycles. The highest BCUT2D eigenvalue weighted by atomic mass is 32.1. The predicted octanol–water partition coefficient (Wildman–Crippen LogP) is 3.08. The molecule has 1 N–H and O–H groups in total. The van der Waals surface area contributed by atoms with Gasteiger partial charge in [0.05, 0.1) is 11.1 Å². The van der Waals surface area contributed by atoms with E-state index in [9.17, 15) is 9.59 Å². The Morgan fingerprint density at radius 2 is 2.17 bits per heavy atom. The van der Waals surface area contributed by atoms with E-state index in [1.54, 1.807) is 11.3 Å². The van der Waals surface area contributed by atoms with Crippen LogP contribution in [0.2, 0.25) is 0 Å². The van der Waals surface area contributed by atoms with Crippen LogP contribution < -0.4 is 0 Å². The van der Waals surface area contributed by atoms with Gasteiger partial charge in [-0.1, -0.05) is 6.07 Å². The fraction of sp³-hybridized carbons (Fsp3) is 0.353. The number of hydrogen-bond donors (Lipinski definition) is 1. The van der Waals surface area contributed by atoms with Gasteiger partial charge in [0.2, 0.25) is 0 Å². The first kappa shape index (κ1) is 15.7. The largest absolute Gasteiger partial charge is 0.478 e. The molecule has 1 amide bonds. The predicted molar refractivity (Wildman–Crippen MR) is 87.9 cm³/mol. The average Bonchev–Trinajstić information content (AvgIpc) is 3.16. The van der Waals surface area contributed by atoms with Gasteiger partial charge in [-0.25, -0.2) is 4.79 Å². The quantitative estimate of drug-likeness (QED) is 0.935. The fourth-order valence-corrected chi connectivity index (χ4v) is 4.05. The number of aromatic nitrogens is 1.